The van der Waals surface area contributed by atoms with Gasteiger partial charge in [-0.2, -0.15) is 0 Å². The van der Waals surface area contributed by atoms with E-state index in [4.69, 9.17) is 4.74 Å². The quantitative estimate of drug-likeness (QED) is 0.375. The number of amides is 1. The summed E-state index contributed by atoms with van der Waals surface area (Å²) in [5, 5.41) is 14.1. The van der Waals surface area contributed by atoms with E-state index in [0.717, 1.165) is 5.75 Å². The second kappa shape index (κ2) is 8.61. The highest BCUT2D eigenvalue weighted by Gasteiger charge is 2.18. The zero-order valence-electron chi connectivity index (χ0n) is 14.4. The summed E-state index contributed by atoms with van der Waals surface area (Å²) in [5.41, 5.74) is 0.424. The fraction of sp³-hybridized carbons (Fsp3) is 0.158. The number of imidazole rings is 1. The largest absolute Gasteiger partial charge is 0.494 e. The predicted molar refractivity (Wildman–Crippen MR) is 99.1 cm³/mol. The molecular weight excluding hydrogens is 348 g/mol. The van der Waals surface area contributed by atoms with Crippen LogP contribution in [-0.2, 0) is 0 Å². The van der Waals surface area contributed by atoms with E-state index in [9.17, 15) is 14.9 Å². The van der Waals surface area contributed by atoms with E-state index in [0.29, 0.717) is 25.3 Å². The SMILES string of the molecule is O=C(NCCCOc1ccccc1)c1ccc(-n2ccnc2)c([N+](=O)[O-])c1. The number of aromatic nitrogens is 2. The Morgan fingerprint density at radius 1 is 1.22 bits per heavy atom. The van der Waals surface area contributed by atoms with Crippen molar-refractivity contribution in [1.29, 1.82) is 0 Å². The van der Waals surface area contributed by atoms with Gasteiger partial charge < -0.3 is 14.6 Å². The average Bonchev–Trinajstić information content (AvgIpc) is 3.22. The van der Waals surface area contributed by atoms with Crippen molar-refractivity contribution in [1.82, 2.24) is 14.9 Å². The van der Waals surface area contributed by atoms with E-state index >= 15 is 0 Å². The highest BCUT2D eigenvalue weighted by Crippen LogP contribution is 2.24. The molecule has 2 aromatic carbocycles. The molecule has 0 aliphatic heterocycles. The van der Waals surface area contributed by atoms with Gasteiger partial charge in [-0.05, 0) is 30.7 Å². The number of nitrogens with one attached hydrogen (secondary N) is 1. The summed E-state index contributed by atoms with van der Waals surface area (Å²) in [6.45, 7) is 0.868. The lowest BCUT2D eigenvalue weighted by atomic mass is 10.1. The lowest BCUT2D eigenvalue weighted by Gasteiger charge is -2.09. The summed E-state index contributed by atoms with van der Waals surface area (Å²) in [4.78, 5) is 27.0. The Bertz CT molecular complexity index is 911. The number of para-hydroxylation sites is 1. The van der Waals surface area contributed by atoms with Crippen LogP contribution in [-0.4, -0.2) is 33.5 Å². The van der Waals surface area contributed by atoms with Gasteiger partial charge in [0.25, 0.3) is 11.6 Å². The Morgan fingerprint density at radius 2 is 2.04 bits per heavy atom. The molecule has 3 rings (SSSR count). The number of carbonyl (C=O) groups is 1. The number of carbonyl (C=O) groups excluding carboxylic acids is 1. The number of nitro groups is 1. The molecule has 138 valence electrons. The van der Waals surface area contributed by atoms with Crippen LogP contribution < -0.4 is 10.1 Å². The minimum Gasteiger partial charge on any atom is -0.494 e. The van der Waals surface area contributed by atoms with Crippen LogP contribution in [0.3, 0.4) is 0 Å². The third-order valence-electron chi connectivity index (χ3n) is 3.84. The molecule has 0 saturated heterocycles. The highest BCUT2D eigenvalue weighted by atomic mass is 16.6. The number of ether oxygens (including phenoxy) is 1. The first-order valence-electron chi connectivity index (χ1n) is 8.38. The number of hydrogen-bond acceptors (Lipinski definition) is 5. The van der Waals surface area contributed by atoms with Crippen LogP contribution in [0, 0.1) is 10.1 Å². The van der Waals surface area contributed by atoms with Gasteiger partial charge in [-0.15, -0.1) is 0 Å². The zero-order chi connectivity index (χ0) is 19.1. The van der Waals surface area contributed by atoms with Crippen LogP contribution in [0.5, 0.6) is 5.75 Å². The van der Waals surface area contributed by atoms with Gasteiger partial charge in [-0.3, -0.25) is 14.9 Å². The maximum absolute atomic E-state index is 12.3. The molecule has 0 radical (unpaired) electrons. The maximum Gasteiger partial charge on any atom is 0.294 e. The van der Waals surface area contributed by atoms with Crippen molar-refractivity contribution in [3.05, 3.63) is 82.9 Å². The van der Waals surface area contributed by atoms with E-state index in [-0.39, 0.29) is 17.2 Å². The van der Waals surface area contributed by atoms with E-state index < -0.39 is 4.92 Å². The number of benzene rings is 2. The van der Waals surface area contributed by atoms with Crippen molar-refractivity contribution in [2.24, 2.45) is 0 Å². The standard InChI is InChI=1S/C19H18N4O4/c24-19(21-9-4-12-27-16-5-2-1-3-6-16)15-7-8-17(18(13-15)23(25)26)22-11-10-20-14-22/h1-3,5-8,10-11,13-14H,4,9,12H2,(H,21,24). The first-order chi connectivity index (χ1) is 13.1. The predicted octanol–water partition coefficient (Wildman–Crippen LogP) is 2.98. The summed E-state index contributed by atoms with van der Waals surface area (Å²) in [6.07, 6.45) is 5.22. The second-order valence-electron chi connectivity index (χ2n) is 5.70. The fourth-order valence-corrected chi connectivity index (χ4v) is 2.51. The third kappa shape index (κ3) is 4.69. The first kappa shape index (κ1) is 18.1. The normalized spacial score (nSPS) is 10.4. The molecule has 0 aliphatic carbocycles. The van der Waals surface area contributed by atoms with E-state index in [1.807, 2.05) is 30.3 Å². The second-order valence-corrected chi connectivity index (χ2v) is 5.70. The Kier molecular flexibility index (Phi) is 5.78. The minimum absolute atomic E-state index is 0.159. The number of rotatable bonds is 8. The number of nitro benzene ring substituents is 1. The Hall–Kier alpha value is -3.68. The molecule has 1 amide bonds. The molecule has 27 heavy (non-hydrogen) atoms. The van der Waals surface area contributed by atoms with Gasteiger partial charge in [0, 0.05) is 30.6 Å². The number of nitrogens with zero attached hydrogens (tertiary/aromatic N) is 3. The van der Waals surface area contributed by atoms with Crippen LogP contribution in [0.15, 0.2) is 67.3 Å². The molecule has 3 aromatic rings. The molecule has 1 aromatic heterocycles. The van der Waals surface area contributed by atoms with Gasteiger partial charge in [0.05, 0.1) is 17.9 Å². The van der Waals surface area contributed by atoms with Gasteiger partial charge in [-0.1, -0.05) is 18.2 Å². The van der Waals surface area contributed by atoms with E-state index in [1.165, 1.54) is 29.2 Å². The van der Waals surface area contributed by atoms with Crippen molar-refractivity contribution < 1.29 is 14.5 Å². The van der Waals surface area contributed by atoms with Crippen molar-refractivity contribution in [3.8, 4) is 11.4 Å². The molecule has 0 saturated carbocycles. The minimum atomic E-state index is -0.514. The Balaban J connectivity index is 1.56. The summed E-state index contributed by atoms with van der Waals surface area (Å²) < 4.78 is 7.08. The molecule has 1 N–H and O–H groups in total. The monoisotopic (exact) mass is 366 g/mol. The smallest absolute Gasteiger partial charge is 0.294 e. The van der Waals surface area contributed by atoms with Crippen molar-refractivity contribution >= 4 is 11.6 Å². The summed E-state index contributed by atoms with van der Waals surface area (Å²) in [7, 11) is 0. The molecule has 0 bridgehead atoms. The van der Waals surface area contributed by atoms with Crippen LogP contribution in [0.2, 0.25) is 0 Å². The van der Waals surface area contributed by atoms with E-state index in [1.54, 1.807) is 12.3 Å². The van der Waals surface area contributed by atoms with Crippen LogP contribution in [0.25, 0.3) is 5.69 Å². The maximum atomic E-state index is 12.3. The van der Waals surface area contributed by atoms with Crippen molar-refractivity contribution in [2.45, 2.75) is 6.42 Å². The van der Waals surface area contributed by atoms with Crippen molar-refractivity contribution in [2.75, 3.05) is 13.2 Å². The topological polar surface area (TPSA) is 99.3 Å². The van der Waals surface area contributed by atoms with Crippen LogP contribution in [0.1, 0.15) is 16.8 Å². The molecule has 0 atom stereocenters. The van der Waals surface area contributed by atoms with Crippen molar-refractivity contribution in [3.63, 3.8) is 0 Å². The van der Waals surface area contributed by atoms with E-state index in [2.05, 4.69) is 10.3 Å². The lowest BCUT2D eigenvalue weighted by molar-refractivity contribution is -0.384. The molecule has 0 unspecified atom stereocenters. The summed E-state index contributed by atoms with van der Waals surface area (Å²) in [5.74, 6) is 0.407. The molecule has 8 heteroatoms. The van der Waals surface area contributed by atoms with Gasteiger partial charge in [-0.25, -0.2) is 4.98 Å². The molecule has 0 fully saturated rings. The fourth-order valence-electron chi connectivity index (χ4n) is 2.51. The molecule has 0 aliphatic rings. The summed E-state index contributed by atoms with van der Waals surface area (Å²) in [6, 6.07) is 13.8. The molecule has 8 nitrogen and oxygen atoms in total. The molecule has 0 spiro atoms. The van der Waals surface area contributed by atoms with Gasteiger partial charge in [0.1, 0.15) is 11.4 Å². The number of hydrogen-bond donors (Lipinski definition) is 1. The van der Waals surface area contributed by atoms with Gasteiger partial charge in [0.15, 0.2) is 0 Å². The van der Waals surface area contributed by atoms with Gasteiger partial charge in [0.2, 0.25) is 0 Å². The average molecular weight is 366 g/mol. The Labute approximate surface area is 155 Å². The van der Waals surface area contributed by atoms with Crippen LogP contribution >= 0.6 is 0 Å². The summed E-state index contributed by atoms with van der Waals surface area (Å²) >= 11 is 0. The third-order valence-corrected chi connectivity index (χ3v) is 3.84. The lowest BCUT2D eigenvalue weighted by Crippen LogP contribution is -2.25. The Morgan fingerprint density at radius 3 is 2.74 bits per heavy atom. The highest BCUT2D eigenvalue weighted by molar-refractivity contribution is 5.95. The first-order valence-corrected chi connectivity index (χ1v) is 8.38. The molecule has 1 heterocycles. The van der Waals surface area contributed by atoms with Gasteiger partial charge >= 0.3 is 0 Å². The zero-order valence-corrected chi connectivity index (χ0v) is 14.4. The van der Waals surface area contributed by atoms with Crippen LogP contribution in [0.4, 0.5) is 5.69 Å². The molecular formula is C19H18N4O4.